The van der Waals surface area contributed by atoms with Gasteiger partial charge < -0.3 is 22.8 Å². The molecule has 1 fully saturated rings. The Labute approximate surface area is 198 Å². The Morgan fingerprint density at radius 2 is 1.48 bits per heavy atom. The van der Waals surface area contributed by atoms with Gasteiger partial charge in [-0.05, 0) is 46.1 Å². The van der Waals surface area contributed by atoms with Crippen LogP contribution in [-0.4, -0.2) is 55.3 Å². The second kappa shape index (κ2) is 11.7. The van der Waals surface area contributed by atoms with E-state index in [1.807, 2.05) is 50.3 Å². The van der Waals surface area contributed by atoms with E-state index in [2.05, 4.69) is 0 Å². The molecular weight excluding hydrogens is 440 g/mol. The molecule has 1 saturated carbocycles. The van der Waals surface area contributed by atoms with Crippen LogP contribution >= 0.6 is 0 Å². The average molecular weight is 477 g/mol. The van der Waals surface area contributed by atoms with Gasteiger partial charge >= 0.3 is 20.7 Å². The number of carbonyl (C=O) groups excluding carboxylic acids is 2. The molecule has 1 aliphatic carbocycles. The molecule has 1 unspecified atom stereocenters. The Kier molecular flexibility index (Phi) is 9.60. The van der Waals surface area contributed by atoms with Crippen LogP contribution in [0.4, 0.5) is 0 Å². The van der Waals surface area contributed by atoms with Crippen molar-refractivity contribution < 1.29 is 32.3 Å². The van der Waals surface area contributed by atoms with Gasteiger partial charge in [-0.3, -0.25) is 9.59 Å². The fourth-order valence-electron chi connectivity index (χ4n) is 4.61. The van der Waals surface area contributed by atoms with Crippen LogP contribution in [0.25, 0.3) is 6.08 Å². The first-order valence-electron chi connectivity index (χ1n) is 11.2. The third kappa shape index (κ3) is 5.46. The SMILES string of the molecule is CCOC(=O)C1(C(=O)OCC)C/C(=C/c2ccccc2)C(C(=C(C)C)[Si](OC)(OC)OC)C1. The summed E-state index contributed by atoms with van der Waals surface area (Å²) in [5.41, 5.74) is 1.38. The van der Waals surface area contributed by atoms with Crippen LogP contribution in [0.15, 0.2) is 46.7 Å². The quantitative estimate of drug-likeness (QED) is 0.282. The molecule has 0 amide bonds. The van der Waals surface area contributed by atoms with Gasteiger partial charge in [-0.15, -0.1) is 0 Å². The Hall–Kier alpha value is -2.26. The molecule has 0 radical (unpaired) electrons. The van der Waals surface area contributed by atoms with Gasteiger partial charge in [0.2, 0.25) is 0 Å². The van der Waals surface area contributed by atoms with E-state index in [4.69, 9.17) is 22.8 Å². The van der Waals surface area contributed by atoms with Crippen LogP contribution in [0.2, 0.25) is 0 Å². The molecule has 2 rings (SSSR count). The number of esters is 2. The van der Waals surface area contributed by atoms with E-state index < -0.39 is 26.2 Å². The fourth-order valence-corrected chi connectivity index (χ4v) is 7.09. The second-order valence-electron chi connectivity index (χ2n) is 8.17. The highest BCUT2D eigenvalue weighted by Gasteiger charge is 2.60. The zero-order valence-corrected chi connectivity index (χ0v) is 21.7. The van der Waals surface area contributed by atoms with Crippen LogP contribution in [0.1, 0.15) is 46.1 Å². The lowest BCUT2D eigenvalue weighted by Crippen LogP contribution is -2.48. The summed E-state index contributed by atoms with van der Waals surface area (Å²) in [5.74, 6) is -1.47. The summed E-state index contributed by atoms with van der Waals surface area (Å²) >= 11 is 0. The van der Waals surface area contributed by atoms with Gasteiger partial charge in [-0.2, -0.15) is 0 Å². The smallest absolute Gasteiger partial charge is 0.465 e. The van der Waals surface area contributed by atoms with Gasteiger partial charge in [0.15, 0.2) is 5.41 Å². The molecule has 7 nitrogen and oxygen atoms in total. The van der Waals surface area contributed by atoms with Crippen LogP contribution < -0.4 is 0 Å². The monoisotopic (exact) mass is 476 g/mol. The van der Waals surface area contributed by atoms with Crippen molar-refractivity contribution in [1.29, 1.82) is 0 Å². The normalized spacial score (nSPS) is 18.8. The van der Waals surface area contributed by atoms with Crippen molar-refractivity contribution in [2.75, 3.05) is 34.5 Å². The molecule has 0 N–H and O–H groups in total. The fraction of sp³-hybridized carbons (Fsp3) is 0.520. The number of ether oxygens (including phenoxy) is 2. The van der Waals surface area contributed by atoms with Crippen molar-refractivity contribution in [3.63, 3.8) is 0 Å². The van der Waals surface area contributed by atoms with Crippen molar-refractivity contribution in [2.45, 2.75) is 40.5 Å². The molecule has 1 atom stereocenters. The zero-order chi connectivity index (χ0) is 24.6. The molecule has 0 bridgehead atoms. The van der Waals surface area contributed by atoms with Crippen molar-refractivity contribution in [3.05, 3.63) is 52.2 Å². The lowest BCUT2D eigenvalue weighted by atomic mass is 9.85. The van der Waals surface area contributed by atoms with Gasteiger partial charge in [0.05, 0.1) is 13.2 Å². The standard InChI is InChI=1S/C25H36O7Si/c1-8-31-23(26)25(24(27)32-9-2)16-20(15-19-13-11-10-12-14-19)21(17-25)22(18(3)4)33(28-5,29-6)30-7/h10-15,21H,8-9,16-17H2,1-7H3/b20-15-. The minimum Gasteiger partial charge on any atom is -0.465 e. The molecule has 1 aromatic rings. The first-order valence-corrected chi connectivity index (χ1v) is 12.9. The van der Waals surface area contributed by atoms with Crippen LogP contribution in [-0.2, 0) is 32.3 Å². The van der Waals surface area contributed by atoms with Crippen molar-refractivity contribution in [1.82, 2.24) is 0 Å². The van der Waals surface area contributed by atoms with Gasteiger partial charge in [0, 0.05) is 32.4 Å². The van der Waals surface area contributed by atoms with Gasteiger partial charge in [0.1, 0.15) is 0 Å². The summed E-state index contributed by atoms with van der Waals surface area (Å²) in [6.45, 7) is 7.72. The number of carbonyl (C=O) groups is 2. The predicted octanol–water partition coefficient (Wildman–Crippen LogP) is 4.35. The van der Waals surface area contributed by atoms with Crippen molar-refractivity contribution >= 4 is 26.8 Å². The molecule has 0 aliphatic heterocycles. The number of hydrogen-bond acceptors (Lipinski definition) is 7. The summed E-state index contributed by atoms with van der Waals surface area (Å²) in [5, 5.41) is 0.840. The molecule has 0 aromatic heterocycles. The van der Waals surface area contributed by atoms with E-state index in [0.29, 0.717) is 0 Å². The van der Waals surface area contributed by atoms with Gasteiger partial charge in [-0.1, -0.05) is 47.6 Å². The second-order valence-corrected chi connectivity index (χ2v) is 11.0. The molecule has 0 saturated heterocycles. The zero-order valence-electron chi connectivity index (χ0n) is 20.7. The molecule has 8 heteroatoms. The average Bonchev–Trinajstić information content (AvgIpc) is 3.18. The highest BCUT2D eigenvalue weighted by molar-refractivity contribution is 6.69. The maximum atomic E-state index is 13.2. The van der Waals surface area contributed by atoms with E-state index >= 15 is 0 Å². The minimum atomic E-state index is -3.27. The molecule has 1 aliphatic rings. The topological polar surface area (TPSA) is 80.3 Å². The minimum absolute atomic E-state index is 0.171. The molecule has 0 heterocycles. The first kappa shape index (κ1) is 27.0. The predicted molar refractivity (Wildman–Crippen MR) is 128 cm³/mol. The maximum absolute atomic E-state index is 13.2. The number of hydrogen-bond donors (Lipinski definition) is 0. The third-order valence-electron chi connectivity index (χ3n) is 6.01. The summed E-state index contributed by atoms with van der Waals surface area (Å²) in [6, 6.07) is 9.79. The molecule has 33 heavy (non-hydrogen) atoms. The van der Waals surface area contributed by atoms with E-state index in [1.54, 1.807) is 35.2 Å². The van der Waals surface area contributed by atoms with E-state index in [1.165, 1.54) is 0 Å². The molecule has 182 valence electrons. The van der Waals surface area contributed by atoms with Crippen LogP contribution in [0.5, 0.6) is 0 Å². The Morgan fingerprint density at radius 3 is 1.91 bits per heavy atom. The van der Waals surface area contributed by atoms with Crippen molar-refractivity contribution in [2.24, 2.45) is 11.3 Å². The summed E-state index contributed by atoms with van der Waals surface area (Å²) in [7, 11) is 1.40. The van der Waals surface area contributed by atoms with Gasteiger partial charge in [0.25, 0.3) is 0 Å². The summed E-state index contributed by atoms with van der Waals surface area (Å²) < 4.78 is 28.3. The van der Waals surface area contributed by atoms with Crippen LogP contribution in [0, 0.1) is 11.3 Å². The highest BCUT2D eigenvalue weighted by atomic mass is 28.4. The maximum Gasteiger partial charge on any atom is 0.532 e. The van der Waals surface area contributed by atoms with Crippen molar-refractivity contribution in [3.8, 4) is 0 Å². The van der Waals surface area contributed by atoms with Gasteiger partial charge in [-0.25, -0.2) is 0 Å². The van der Waals surface area contributed by atoms with E-state index in [-0.39, 0.29) is 32.0 Å². The number of rotatable bonds is 10. The number of benzene rings is 1. The largest absolute Gasteiger partial charge is 0.532 e. The van der Waals surface area contributed by atoms with E-state index in [9.17, 15) is 9.59 Å². The lowest BCUT2D eigenvalue weighted by Gasteiger charge is -2.32. The van der Waals surface area contributed by atoms with Crippen LogP contribution in [0.3, 0.4) is 0 Å². The molecule has 0 spiro atoms. The Balaban J connectivity index is 2.76. The molecule has 1 aromatic carbocycles. The number of allylic oxidation sites excluding steroid dienone is 3. The first-order chi connectivity index (χ1) is 15.7. The third-order valence-corrected chi connectivity index (χ3v) is 9.13. The Morgan fingerprint density at radius 1 is 0.970 bits per heavy atom. The highest BCUT2D eigenvalue weighted by Crippen LogP contribution is 2.52. The summed E-state index contributed by atoms with van der Waals surface area (Å²) in [6.07, 6.45) is 2.39. The van der Waals surface area contributed by atoms with E-state index in [0.717, 1.165) is 21.9 Å². The summed E-state index contributed by atoms with van der Waals surface area (Å²) in [4.78, 5) is 26.5. The molecular formula is C25H36O7Si. The lowest BCUT2D eigenvalue weighted by molar-refractivity contribution is -0.171. The Bertz CT molecular complexity index is 857.